The van der Waals surface area contributed by atoms with Crippen LogP contribution in [0.5, 0.6) is 0 Å². The molecular weight excluding hydrogens is 859 g/mol. The summed E-state index contributed by atoms with van der Waals surface area (Å²) in [7, 11) is -5.08. The van der Waals surface area contributed by atoms with Gasteiger partial charge in [0, 0.05) is 6.42 Å². The van der Waals surface area contributed by atoms with Gasteiger partial charge in [0.15, 0.2) is 6.29 Å². The summed E-state index contributed by atoms with van der Waals surface area (Å²) in [6.45, 7) is 3.47. The molecule has 0 radical (unpaired) electrons. The number of ether oxygens (including phenoxy) is 2. The molecule has 66 heavy (non-hydrogen) atoms. The first-order chi connectivity index (χ1) is 32.0. The number of unbranched alkanes of at least 4 members (excludes halogenated alkanes) is 34. The third-order valence-electron chi connectivity index (χ3n) is 13.3. The first-order valence-electron chi connectivity index (χ1n) is 27.6. The molecule has 1 aliphatic rings. The Morgan fingerprint density at radius 3 is 1.36 bits per heavy atom. The summed E-state index contributed by atoms with van der Waals surface area (Å²) < 4.78 is 47.8. The number of aliphatic hydroxyl groups is 4. The van der Waals surface area contributed by atoms with Crippen molar-refractivity contribution in [1.29, 1.82) is 0 Å². The van der Waals surface area contributed by atoms with E-state index >= 15 is 0 Å². The minimum atomic E-state index is -5.08. The maximum atomic E-state index is 13.1. The van der Waals surface area contributed by atoms with Crippen molar-refractivity contribution in [3.63, 3.8) is 0 Å². The standard InChI is InChI=1S/C53H103NO11S/c1-3-5-7-9-11-13-15-17-18-19-20-21-22-23-24-25-26-27-28-29-31-33-35-37-39-41-43-49(57)54-46(47(56)42-40-38-36-34-32-30-16-14-12-10-8-6-4-2)45-63-53-51(59)52(65-66(60,61)62)50(58)48(44-55)64-53/h23-24,46-48,50-53,55-56,58-59H,3-22,25-45H2,1-2H3,(H,54,57)(H,60,61,62)/b24-23-. The number of aliphatic hydroxyl groups excluding tert-OH is 4. The predicted octanol–water partition coefficient (Wildman–Crippen LogP) is 12.3. The van der Waals surface area contributed by atoms with Gasteiger partial charge in [-0.05, 0) is 38.5 Å². The van der Waals surface area contributed by atoms with Crippen molar-refractivity contribution in [2.24, 2.45) is 0 Å². The molecule has 7 unspecified atom stereocenters. The van der Waals surface area contributed by atoms with Crippen LogP contribution in [-0.4, -0.2) is 95.4 Å². The van der Waals surface area contributed by atoms with Gasteiger partial charge in [0.25, 0.3) is 0 Å². The molecule has 0 aromatic carbocycles. The van der Waals surface area contributed by atoms with Crippen LogP contribution in [0.1, 0.15) is 264 Å². The molecule has 0 aliphatic carbocycles. The molecule has 0 spiro atoms. The van der Waals surface area contributed by atoms with Crippen molar-refractivity contribution in [1.82, 2.24) is 5.32 Å². The molecule has 1 rings (SSSR count). The fourth-order valence-corrected chi connectivity index (χ4v) is 9.55. The molecule has 0 saturated carbocycles. The molecule has 1 fully saturated rings. The van der Waals surface area contributed by atoms with Crippen LogP contribution in [0.15, 0.2) is 12.2 Å². The normalized spacial score (nSPS) is 20.0. The highest BCUT2D eigenvalue weighted by molar-refractivity contribution is 7.80. The van der Waals surface area contributed by atoms with Gasteiger partial charge >= 0.3 is 10.4 Å². The predicted molar refractivity (Wildman–Crippen MR) is 269 cm³/mol. The number of nitrogens with one attached hydrogen (secondary N) is 1. The van der Waals surface area contributed by atoms with Crippen LogP contribution >= 0.6 is 0 Å². The molecule has 1 amide bonds. The van der Waals surface area contributed by atoms with E-state index in [-0.39, 0.29) is 12.5 Å². The Morgan fingerprint density at radius 1 is 0.591 bits per heavy atom. The second-order valence-electron chi connectivity index (χ2n) is 19.5. The summed E-state index contributed by atoms with van der Waals surface area (Å²) >= 11 is 0. The second-order valence-corrected chi connectivity index (χ2v) is 20.6. The highest BCUT2D eigenvalue weighted by atomic mass is 32.3. The number of carbonyl (C=O) groups excluding carboxylic acids is 1. The van der Waals surface area contributed by atoms with Crippen LogP contribution in [0.2, 0.25) is 0 Å². The molecule has 1 saturated heterocycles. The van der Waals surface area contributed by atoms with Gasteiger partial charge in [-0.25, -0.2) is 4.18 Å². The van der Waals surface area contributed by atoms with Crippen molar-refractivity contribution < 1.29 is 51.8 Å². The van der Waals surface area contributed by atoms with Crippen molar-refractivity contribution >= 4 is 16.3 Å². The van der Waals surface area contributed by atoms with Crippen molar-refractivity contribution in [2.45, 2.75) is 307 Å². The smallest absolute Gasteiger partial charge is 0.394 e. The zero-order valence-corrected chi connectivity index (χ0v) is 43.1. The Kier molecular flexibility index (Phi) is 41.7. The largest absolute Gasteiger partial charge is 0.397 e. The van der Waals surface area contributed by atoms with Crippen LogP contribution in [0.25, 0.3) is 0 Å². The fourth-order valence-electron chi connectivity index (χ4n) is 9.04. The second kappa shape index (κ2) is 43.8. The van der Waals surface area contributed by atoms with Gasteiger partial charge in [-0.3, -0.25) is 9.35 Å². The van der Waals surface area contributed by atoms with E-state index in [0.717, 1.165) is 51.4 Å². The minimum Gasteiger partial charge on any atom is -0.394 e. The lowest BCUT2D eigenvalue weighted by Gasteiger charge is -2.41. The van der Waals surface area contributed by atoms with E-state index in [1.54, 1.807) is 0 Å². The van der Waals surface area contributed by atoms with Crippen molar-refractivity contribution in [3.8, 4) is 0 Å². The molecule has 1 heterocycles. The van der Waals surface area contributed by atoms with E-state index in [9.17, 15) is 38.2 Å². The summed E-state index contributed by atoms with van der Waals surface area (Å²) in [4.78, 5) is 13.1. The topological polar surface area (TPSA) is 192 Å². The number of allylic oxidation sites excluding steroid dienone is 2. The first kappa shape index (κ1) is 62.9. The maximum Gasteiger partial charge on any atom is 0.397 e. The van der Waals surface area contributed by atoms with Crippen molar-refractivity contribution in [2.75, 3.05) is 13.2 Å². The zero-order chi connectivity index (χ0) is 48.4. The zero-order valence-electron chi connectivity index (χ0n) is 42.3. The lowest BCUT2D eigenvalue weighted by molar-refractivity contribution is -0.298. The Balaban J connectivity index is 2.32. The molecule has 1 aliphatic heterocycles. The van der Waals surface area contributed by atoms with Crippen LogP contribution in [-0.2, 0) is 28.9 Å². The fraction of sp³-hybridized carbons (Fsp3) is 0.943. The third kappa shape index (κ3) is 35.9. The number of amides is 1. The van der Waals surface area contributed by atoms with Gasteiger partial charge in [0.1, 0.15) is 24.4 Å². The molecule has 0 aromatic rings. The number of carbonyl (C=O) groups is 1. The molecule has 6 N–H and O–H groups in total. The van der Waals surface area contributed by atoms with Gasteiger partial charge < -0.3 is 35.2 Å². The van der Waals surface area contributed by atoms with Gasteiger partial charge in [-0.15, -0.1) is 0 Å². The van der Waals surface area contributed by atoms with Gasteiger partial charge in [0.05, 0.1) is 25.4 Å². The first-order valence-corrected chi connectivity index (χ1v) is 28.9. The van der Waals surface area contributed by atoms with Crippen molar-refractivity contribution in [3.05, 3.63) is 12.2 Å². The minimum absolute atomic E-state index is 0.228. The monoisotopic (exact) mass is 962 g/mol. The SMILES string of the molecule is CCCCCCCCCCCCCC/C=C\CCCCCCCCCCCCC(=O)NC(COC1OC(CO)C(O)C(OS(=O)(=O)O)C1O)C(O)CCCCCCCCCCCCCCC. The van der Waals surface area contributed by atoms with Gasteiger partial charge in [-0.1, -0.05) is 231 Å². The van der Waals surface area contributed by atoms with Crippen LogP contribution in [0.3, 0.4) is 0 Å². The Labute approximate surface area is 404 Å². The lowest BCUT2D eigenvalue weighted by atomic mass is 9.99. The quantitative estimate of drug-likeness (QED) is 0.0193. The summed E-state index contributed by atoms with van der Waals surface area (Å²) in [5, 5.41) is 45.0. The molecule has 0 bridgehead atoms. The summed E-state index contributed by atoms with van der Waals surface area (Å²) in [6, 6.07) is -0.855. The number of hydrogen-bond donors (Lipinski definition) is 6. The average molecular weight is 962 g/mol. The maximum absolute atomic E-state index is 13.1. The Hall–Kier alpha value is -1.16. The van der Waals surface area contributed by atoms with E-state index in [2.05, 4.69) is 35.5 Å². The highest BCUT2D eigenvalue weighted by Crippen LogP contribution is 2.26. The summed E-state index contributed by atoms with van der Waals surface area (Å²) in [5.41, 5.74) is 0. The van der Waals surface area contributed by atoms with Crippen LogP contribution < -0.4 is 5.32 Å². The van der Waals surface area contributed by atoms with E-state index in [1.165, 1.54) is 186 Å². The highest BCUT2D eigenvalue weighted by Gasteiger charge is 2.48. The molecular formula is C53H103NO11S. The van der Waals surface area contributed by atoms with E-state index in [4.69, 9.17) is 9.47 Å². The molecule has 392 valence electrons. The van der Waals surface area contributed by atoms with Crippen LogP contribution in [0.4, 0.5) is 0 Å². The Morgan fingerprint density at radius 2 is 0.970 bits per heavy atom. The summed E-state index contributed by atoms with van der Waals surface area (Å²) in [6.07, 6.45) is 42.2. The molecule has 12 nitrogen and oxygen atoms in total. The van der Waals surface area contributed by atoms with E-state index in [1.807, 2.05) is 0 Å². The molecule has 13 heteroatoms. The van der Waals surface area contributed by atoms with E-state index < -0.39 is 59.9 Å². The van der Waals surface area contributed by atoms with E-state index in [0.29, 0.717) is 12.8 Å². The third-order valence-corrected chi connectivity index (χ3v) is 13.8. The molecule has 7 atom stereocenters. The summed E-state index contributed by atoms with van der Waals surface area (Å²) in [5.74, 6) is -0.228. The lowest BCUT2D eigenvalue weighted by Crippen LogP contribution is -2.61. The molecule has 0 aromatic heterocycles. The average Bonchev–Trinajstić information content (AvgIpc) is 3.29. The van der Waals surface area contributed by atoms with Gasteiger partial charge in [-0.2, -0.15) is 8.42 Å². The van der Waals surface area contributed by atoms with Crippen LogP contribution in [0, 0.1) is 0 Å². The number of hydrogen-bond acceptors (Lipinski definition) is 10. The Bertz CT molecular complexity index is 1220. The number of rotatable bonds is 48. The van der Waals surface area contributed by atoms with Gasteiger partial charge in [0.2, 0.25) is 5.91 Å².